The molecule has 1 rings (SSSR count). The highest BCUT2D eigenvalue weighted by Crippen LogP contribution is 2.34. The summed E-state index contributed by atoms with van der Waals surface area (Å²) in [6, 6.07) is 3.82. The van der Waals surface area contributed by atoms with Gasteiger partial charge in [-0.05, 0) is 38.4 Å². The number of methoxy groups -OCH3 is 1. The van der Waals surface area contributed by atoms with Crippen LogP contribution in [-0.4, -0.2) is 19.8 Å². The van der Waals surface area contributed by atoms with Gasteiger partial charge >= 0.3 is 0 Å². The third-order valence-corrected chi connectivity index (χ3v) is 4.07. The van der Waals surface area contributed by atoms with Crippen molar-refractivity contribution in [2.45, 2.75) is 71.9 Å². The van der Waals surface area contributed by atoms with Crippen LogP contribution in [-0.2, 0) is 6.54 Å². The molecule has 23 heavy (non-hydrogen) atoms. The van der Waals surface area contributed by atoms with Crippen LogP contribution >= 0.6 is 11.6 Å². The second kappa shape index (κ2) is 11.6. The largest absolute Gasteiger partial charge is 0.493 e. The van der Waals surface area contributed by atoms with E-state index in [2.05, 4.69) is 12.2 Å². The van der Waals surface area contributed by atoms with Crippen molar-refractivity contribution in [2.75, 3.05) is 13.7 Å². The highest BCUT2D eigenvalue weighted by molar-refractivity contribution is 6.31. The maximum atomic E-state index is 6.36. The van der Waals surface area contributed by atoms with E-state index < -0.39 is 0 Å². The van der Waals surface area contributed by atoms with Crippen LogP contribution in [0, 0.1) is 0 Å². The fourth-order valence-corrected chi connectivity index (χ4v) is 2.69. The third-order valence-electron chi connectivity index (χ3n) is 3.72. The van der Waals surface area contributed by atoms with Gasteiger partial charge in [0.2, 0.25) is 0 Å². The molecule has 0 amide bonds. The summed E-state index contributed by atoms with van der Waals surface area (Å²) in [7, 11) is 1.66. The molecule has 1 aromatic rings. The first-order valence-corrected chi connectivity index (χ1v) is 9.20. The lowest BCUT2D eigenvalue weighted by atomic mass is 10.1. The quantitative estimate of drug-likeness (QED) is 0.503. The molecule has 0 aliphatic carbocycles. The van der Waals surface area contributed by atoms with Gasteiger partial charge in [0.05, 0.1) is 13.2 Å². The Hall–Kier alpha value is -0.930. The van der Waals surface area contributed by atoms with E-state index in [9.17, 15) is 0 Å². The van der Waals surface area contributed by atoms with Crippen LogP contribution in [0.25, 0.3) is 0 Å². The molecule has 1 N–H and O–H groups in total. The number of hydrogen-bond acceptors (Lipinski definition) is 3. The van der Waals surface area contributed by atoms with E-state index in [1.807, 2.05) is 26.0 Å². The maximum Gasteiger partial charge on any atom is 0.163 e. The van der Waals surface area contributed by atoms with Crippen molar-refractivity contribution >= 4 is 11.6 Å². The molecule has 0 saturated carbocycles. The first kappa shape index (κ1) is 20.1. The van der Waals surface area contributed by atoms with E-state index in [0.29, 0.717) is 5.75 Å². The molecule has 1 aromatic carbocycles. The topological polar surface area (TPSA) is 30.5 Å². The highest BCUT2D eigenvalue weighted by atomic mass is 35.5. The zero-order chi connectivity index (χ0) is 17.1. The molecule has 0 atom stereocenters. The molecular formula is C19H32ClNO2. The van der Waals surface area contributed by atoms with Crippen molar-refractivity contribution in [2.24, 2.45) is 0 Å². The third kappa shape index (κ3) is 7.94. The van der Waals surface area contributed by atoms with E-state index >= 15 is 0 Å². The summed E-state index contributed by atoms with van der Waals surface area (Å²) in [5.74, 6) is 1.44. The first-order chi connectivity index (χ1) is 11.1. The van der Waals surface area contributed by atoms with Crippen LogP contribution in [0.5, 0.6) is 11.5 Å². The molecule has 0 aromatic heterocycles. The maximum absolute atomic E-state index is 6.36. The summed E-state index contributed by atoms with van der Waals surface area (Å²) in [4.78, 5) is 0. The Balaban J connectivity index is 2.41. The van der Waals surface area contributed by atoms with Crippen molar-refractivity contribution in [3.05, 3.63) is 22.7 Å². The van der Waals surface area contributed by atoms with E-state index in [0.717, 1.165) is 29.4 Å². The Morgan fingerprint density at radius 3 is 2.39 bits per heavy atom. The number of halogens is 1. The lowest BCUT2D eigenvalue weighted by Gasteiger charge is -2.16. The van der Waals surface area contributed by atoms with Crippen LogP contribution in [0.15, 0.2) is 12.1 Å². The minimum atomic E-state index is 0.0941. The van der Waals surface area contributed by atoms with Gasteiger partial charge in [-0.15, -0.1) is 0 Å². The van der Waals surface area contributed by atoms with Gasteiger partial charge in [-0.25, -0.2) is 0 Å². The highest BCUT2D eigenvalue weighted by Gasteiger charge is 2.11. The predicted molar refractivity (Wildman–Crippen MR) is 98.9 cm³/mol. The van der Waals surface area contributed by atoms with E-state index in [4.69, 9.17) is 21.1 Å². The minimum absolute atomic E-state index is 0.0941. The van der Waals surface area contributed by atoms with Gasteiger partial charge in [-0.1, -0.05) is 50.6 Å². The number of hydrogen-bond donors (Lipinski definition) is 1. The van der Waals surface area contributed by atoms with Crippen LogP contribution in [0.1, 0.15) is 64.9 Å². The normalized spacial score (nSPS) is 11.0. The second-order valence-corrected chi connectivity index (χ2v) is 6.61. The molecule has 132 valence electrons. The molecule has 0 radical (unpaired) electrons. The van der Waals surface area contributed by atoms with E-state index in [1.54, 1.807) is 7.11 Å². The molecular weight excluding hydrogens is 310 g/mol. The van der Waals surface area contributed by atoms with Gasteiger partial charge in [0.15, 0.2) is 11.5 Å². The molecule has 3 nitrogen and oxygen atoms in total. The van der Waals surface area contributed by atoms with Gasteiger partial charge < -0.3 is 14.8 Å². The van der Waals surface area contributed by atoms with Crippen LogP contribution < -0.4 is 14.8 Å². The molecule has 0 bridgehead atoms. The van der Waals surface area contributed by atoms with Gasteiger partial charge in [0, 0.05) is 17.6 Å². The summed E-state index contributed by atoms with van der Waals surface area (Å²) in [5, 5.41) is 4.18. The van der Waals surface area contributed by atoms with Gasteiger partial charge in [0.25, 0.3) is 0 Å². The molecule has 0 fully saturated rings. The fraction of sp³-hybridized carbons (Fsp3) is 0.684. The smallest absolute Gasteiger partial charge is 0.163 e. The van der Waals surface area contributed by atoms with Crippen molar-refractivity contribution in [1.82, 2.24) is 5.32 Å². The Morgan fingerprint density at radius 2 is 1.74 bits per heavy atom. The number of nitrogens with one attached hydrogen (secondary N) is 1. The van der Waals surface area contributed by atoms with Crippen molar-refractivity contribution < 1.29 is 9.47 Å². The predicted octanol–water partition coefficient (Wildman–Crippen LogP) is 5.59. The lowest BCUT2D eigenvalue weighted by molar-refractivity contribution is 0.230. The van der Waals surface area contributed by atoms with Gasteiger partial charge in [0.1, 0.15) is 0 Å². The average Bonchev–Trinajstić information content (AvgIpc) is 2.51. The zero-order valence-corrected chi connectivity index (χ0v) is 15.8. The minimum Gasteiger partial charge on any atom is -0.493 e. The number of benzene rings is 1. The SMILES string of the molecule is CCCCCCCCNCc1cc(OC)c(OC(C)C)cc1Cl. The Kier molecular flexibility index (Phi) is 10.1. The summed E-state index contributed by atoms with van der Waals surface area (Å²) in [6.07, 6.45) is 7.96. The summed E-state index contributed by atoms with van der Waals surface area (Å²) >= 11 is 6.36. The monoisotopic (exact) mass is 341 g/mol. The van der Waals surface area contributed by atoms with Crippen LogP contribution in [0.3, 0.4) is 0 Å². The zero-order valence-electron chi connectivity index (χ0n) is 15.1. The number of unbranched alkanes of at least 4 members (excludes halogenated alkanes) is 5. The lowest BCUT2D eigenvalue weighted by Crippen LogP contribution is -2.15. The summed E-state index contributed by atoms with van der Waals surface area (Å²) in [6.45, 7) is 8.00. The van der Waals surface area contributed by atoms with Crippen molar-refractivity contribution in [3.63, 3.8) is 0 Å². The second-order valence-electron chi connectivity index (χ2n) is 6.21. The van der Waals surface area contributed by atoms with Crippen LogP contribution in [0.4, 0.5) is 0 Å². The first-order valence-electron chi connectivity index (χ1n) is 8.82. The summed E-state index contributed by atoms with van der Waals surface area (Å²) < 4.78 is 11.1. The Morgan fingerprint density at radius 1 is 1.04 bits per heavy atom. The molecule has 0 aliphatic rings. The average molecular weight is 342 g/mol. The van der Waals surface area contributed by atoms with E-state index in [-0.39, 0.29) is 6.10 Å². The molecule has 0 unspecified atom stereocenters. The van der Waals surface area contributed by atoms with Crippen molar-refractivity contribution in [1.29, 1.82) is 0 Å². The molecule has 4 heteroatoms. The Bertz CT molecular complexity index is 449. The van der Waals surface area contributed by atoms with Crippen molar-refractivity contribution in [3.8, 4) is 11.5 Å². The fourth-order valence-electron chi connectivity index (χ4n) is 2.47. The molecule has 0 saturated heterocycles. The summed E-state index contributed by atoms with van der Waals surface area (Å²) in [5.41, 5.74) is 1.05. The standard InChI is InChI=1S/C19H32ClNO2/c1-5-6-7-8-9-10-11-21-14-16-12-18(22-4)19(13-17(16)20)23-15(2)3/h12-13,15,21H,5-11,14H2,1-4H3. The van der Waals surface area contributed by atoms with Crippen LogP contribution in [0.2, 0.25) is 5.02 Å². The Labute approximate surface area is 146 Å². The molecule has 0 spiro atoms. The number of rotatable bonds is 12. The number of ether oxygens (including phenoxy) is 2. The van der Waals surface area contributed by atoms with Gasteiger partial charge in [-0.3, -0.25) is 0 Å². The molecule has 0 heterocycles. The van der Waals surface area contributed by atoms with E-state index in [1.165, 1.54) is 38.5 Å². The van der Waals surface area contributed by atoms with Gasteiger partial charge in [-0.2, -0.15) is 0 Å². The molecule has 0 aliphatic heterocycles.